The van der Waals surface area contributed by atoms with Gasteiger partial charge in [0.05, 0.1) is 5.69 Å². The molecule has 0 aliphatic carbocycles. The number of anilines is 3. The summed E-state index contributed by atoms with van der Waals surface area (Å²) < 4.78 is 15.5. The third-order valence-corrected chi connectivity index (χ3v) is 4.35. The number of nitrogen functional groups attached to an aromatic ring is 1. The van der Waals surface area contributed by atoms with Gasteiger partial charge in [-0.25, -0.2) is 9.37 Å². The molecule has 4 rings (SSSR count). The molecule has 0 unspecified atom stereocenters. The second-order valence-electron chi connectivity index (χ2n) is 5.41. The average molecular weight is 355 g/mol. The van der Waals surface area contributed by atoms with Crippen molar-refractivity contribution in [3.05, 3.63) is 54.1 Å². The van der Waals surface area contributed by atoms with Gasteiger partial charge in [-0.3, -0.25) is 9.50 Å². The lowest BCUT2D eigenvalue weighted by atomic mass is 10.3. The van der Waals surface area contributed by atoms with Crippen molar-refractivity contribution in [1.29, 1.82) is 0 Å². The molecule has 0 saturated carbocycles. The quantitative estimate of drug-likeness (QED) is 0.486. The number of hydrogen-bond donors (Lipinski definition) is 3. The number of nitrogens with one attached hydrogen (secondary N) is 2. The Bertz CT molecular complexity index is 1060. The Morgan fingerprint density at radius 1 is 1.24 bits per heavy atom. The number of rotatable bonds is 4. The van der Waals surface area contributed by atoms with Crippen LogP contribution in [0.1, 0.15) is 5.69 Å². The molecule has 0 spiro atoms. The van der Waals surface area contributed by atoms with E-state index in [1.54, 1.807) is 6.07 Å². The number of aryl methyl sites for hydroxylation is 1. The summed E-state index contributed by atoms with van der Waals surface area (Å²) in [5, 5.41) is 10.7. The number of halogens is 1. The fraction of sp³-hybridized carbons (Fsp3) is 0.0625. The van der Waals surface area contributed by atoms with Gasteiger partial charge < -0.3 is 11.1 Å². The van der Waals surface area contributed by atoms with Crippen LogP contribution in [0, 0.1) is 12.7 Å². The van der Waals surface area contributed by atoms with Crippen molar-refractivity contribution in [3.63, 3.8) is 0 Å². The Hall–Kier alpha value is -3.07. The van der Waals surface area contributed by atoms with Crippen molar-refractivity contribution in [3.8, 4) is 0 Å². The van der Waals surface area contributed by atoms with Crippen LogP contribution in [-0.4, -0.2) is 24.6 Å². The van der Waals surface area contributed by atoms with Crippen LogP contribution in [0.3, 0.4) is 0 Å². The van der Waals surface area contributed by atoms with Crippen LogP contribution in [0.25, 0.3) is 5.65 Å². The Morgan fingerprint density at radius 3 is 2.88 bits per heavy atom. The highest BCUT2D eigenvalue weighted by Gasteiger charge is 2.11. The minimum absolute atomic E-state index is 0.114. The van der Waals surface area contributed by atoms with Gasteiger partial charge in [0.25, 0.3) is 0 Å². The SMILES string of the molecule is Cc1cc(Nc2nc(Sc3ccc(N)c(F)c3)nc3cccn23)n[nH]1. The topological polar surface area (TPSA) is 96.9 Å². The number of benzene rings is 1. The van der Waals surface area contributed by atoms with Crippen molar-refractivity contribution in [2.75, 3.05) is 11.1 Å². The predicted octanol–water partition coefficient (Wildman–Crippen LogP) is 3.38. The minimum atomic E-state index is -0.459. The Balaban J connectivity index is 1.70. The van der Waals surface area contributed by atoms with Crippen LogP contribution < -0.4 is 11.1 Å². The Kier molecular flexibility index (Phi) is 3.77. The second-order valence-corrected chi connectivity index (χ2v) is 6.45. The maximum atomic E-state index is 13.6. The molecule has 0 saturated heterocycles. The smallest absolute Gasteiger partial charge is 0.216 e. The van der Waals surface area contributed by atoms with E-state index in [4.69, 9.17) is 5.73 Å². The highest BCUT2D eigenvalue weighted by atomic mass is 32.2. The normalized spacial score (nSPS) is 11.1. The molecule has 9 heteroatoms. The third kappa shape index (κ3) is 3.13. The second kappa shape index (κ2) is 6.10. The summed E-state index contributed by atoms with van der Waals surface area (Å²) in [5.74, 6) is 0.764. The number of fused-ring (bicyclic) bond motifs is 1. The summed E-state index contributed by atoms with van der Waals surface area (Å²) in [6.07, 6.45) is 1.86. The van der Waals surface area contributed by atoms with Crippen molar-refractivity contribution in [1.82, 2.24) is 24.6 Å². The maximum Gasteiger partial charge on any atom is 0.216 e. The zero-order valence-corrected chi connectivity index (χ0v) is 14.0. The van der Waals surface area contributed by atoms with Gasteiger partial charge in [0.2, 0.25) is 5.95 Å². The van der Waals surface area contributed by atoms with E-state index in [1.807, 2.05) is 35.7 Å². The molecule has 0 atom stereocenters. The molecule has 3 heterocycles. The number of aromatic amines is 1. The molecule has 4 aromatic rings. The summed E-state index contributed by atoms with van der Waals surface area (Å²) in [5.41, 5.74) is 7.29. The Morgan fingerprint density at radius 2 is 2.12 bits per heavy atom. The van der Waals surface area contributed by atoms with Gasteiger partial charge in [-0.15, -0.1) is 0 Å². The molecular weight excluding hydrogens is 341 g/mol. The van der Waals surface area contributed by atoms with E-state index >= 15 is 0 Å². The number of nitrogens with zero attached hydrogens (tertiary/aromatic N) is 4. The zero-order chi connectivity index (χ0) is 17.4. The molecule has 0 aliphatic heterocycles. The largest absolute Gasteiger partial charge is 0.396 e. The van der Waals surface area contributed by atoms with E-state index in [-0.39, 0.29) is 5.69 Å². The van der Waals surface area contributed by atoms with Crippen LogP contribution in [-0.2, 0) is 0 Å². The molecule has 25 heavy (non-hydrogen) atoms. The van der Waals surface area contributed by atoms with Gasteiger partial charge in [0.15, 0.2) is 11.0 Å². The first-order chi connectivity index (χ1) is 12.1. The summed E-state index contributed by atoms with van der Waals surface area (Å²) in [6.45, 7) is 1.92. The number of nitrogens with two attached hydrogens (primary N) is 1. The summed E-state index contributed by atoms with van der Waals surface area (Å²) >= 11 is 1.26. The first-order valence-electron chi connectivity index (χ1n) is 7.45. The number of aromatic nitrogens is 5. The van der Waals surface area contributed by atoms with Crippen LogP contribution in [0.15, 0.2) is 52.6 Å². The molecule has 3 aromatic heterocycles. The van der Waals surface area contributed by atoms with Gasteiger partial charge in [-0.2, -0.15) is 10.1 Å². The molecule has 0 amide bonds. The van der Waals surface area contributed by atoms with Gasteiger partial charge >= 0.3 is 0 Å². The lowest BCUT2D eigenvalue weighted by molar-refractivity contribution is 0.629. The summed E-state index contributed by atoms with van der Waals surface area (Å²) in [6, 6.07) is 10.3. The first-order valence-corrected chi connectivity index (χ1v) is 8.27. The fourth-order valence-electron chi connectivity index (χ4n) is 2.32. The van der Waals surface area contributed by atoms with Gasteiger partial charge in [-0.05, 0) is 49.0 Å². The molecule has 1 aromatic carbocycles. The van der Waals surface area contributed by atoms with Crippen LogP contribution in [0.4, 0.5) is 21.8 Å². The summed E-state index contributed by atoms with van der Waals surface area (Å²) in [4.78, 5) is 9.67. The maximum absolute atomic E-state index is 13.6. The number of H-pyrrole nitrogens is 1. The van der Waals surface area contributed by atoms with Crippen LogP contribution in [0.5, 0.6) is 0 Å². The molecule has 4 N–H and O–H groups in total. The van der Waals surface area contributed by atoms with E-state index < -0.39 is 5.82 Å². The third-order valence-electron chi connectivity index (χ3n) is 3.49. The van der Waals surface area contributed by atoms with Gasteiger partial charge in [0.1, 0.15) is 11.5 Å². The van der Waals surface area contributed by atoms with Crippen molar-refractivity contribution in [2.45, 2.75) is 17.0 Å². The van der Waals surface area contributed by atoms with E-state index in [2.05, 4.69) is 25.5 Å². The molecule has 7 nitrogen and oxygen atoms in total. The van der Waals surface area contributed by atoms with E-state index in [0.29, 0.717) is 21.8 Å². The number of hydrogen-bond acceptors (Lipinski definition) is 6. The van der Waals surface area contributed by atoms with E-state index in [9.17, 15) is 4.39 Å². The molecule has 0 radical (unpaired) electrons. The van der Waals surface area contributed by atoms with Crippen molar-refractivity contribution < 1.29 is 4.39 Å². The zero-order valence-electron chi connectivity index (χ0n) is 13.2. The minimum Gasteiger partial charge on any atom is -0.396 e. The predicted molar refractivity (Wildman–Crippen MR) is 94.5 cm³/mol. The van der Waals surface area contributed by atoms with E-state index in [0.717, 1.165) is 11.3 Å². The van der Waals surface area contributed by atoms with Crippen molar-refractivity contribution >= 4 is 34.9 Å². The van der Waals surface area contributed by atoms with Crippen LogP contribution >= 0.6 is 11.8 Å². The molecule has 0 aliphatic rings. The molecule has 0 fully saturated rings. The lowest BCUT2D eigenvalue weighted by Crippen LogP contribution is -2.04. The van der Waals surface area contributed by atoms with Gasteiger partial charge in [0, 0.05) is 22.9 Å². The van der Waals surface area contributed by atoms with Crippen molar-refractivity contribution in [2.24, 2.45) is 0 Å². The monoisotopic (exact) mass is 355 g/mol. The summed E-state index contributed by atoms with van der Waals surface area (Å²) in [7, 11) is 0. The Labute approximate surface area is 146 Å². The highest BCUT2D eigenvalue weighted by molar-refractivity contribution is 7.99. The van der Waals surface area contributed by atoms with Crippen LogP contribution in [0.2, 0.25) is 0 Å². The average Bonchev–Trinajstić information content (AvgIpc) is 3.20. The standard InChI is InChI=1S/C16H14FN7S/c1-9-7-13(23-22-9)19-15-21-16(20-14-3-2-6-24(14)15)25-10-4-5-12(18)11(17)8-10/h2-8H,18H2,1H3,(H2,19,20,21,22,23). The molecule has 126 valence electrons. The van der Waals surface area contributed by atoms with Gasteiger partial charge in [-0.1, -0.05) is 0 Å². The molecule has 0 bridgehead atoms. The first kappa shape index (κ1) is 15.5. The molecular formula is C16H14FN7S. The fourth-order valence-corrected chi connectivity index (χ4v) is 3.10. The van der Waals surface area contributed by atoms with E-state index in [1.165, 1.54) is 23.9 Å². The highest BCUT2D eigenvalue weighted by Crippen LogP contribution is 2.28. The lowest BCUT2D eigenvalue weighted by Gasteiger charge is -2.08.